The van der Waals surface area contributed by atoms with Crippen LogP contribution in [0.3, 0.4) is 0 Å². The molecule has 3 fully saturated rings. The van der Waals surface area contributed by atoms with E-state index in [9.17, 15) is 4.79 Å². The smallest absolute Gasteiger partial charge is 0.270 e. The molecular weight excluding hydrogens is 298 g/mol. The molecule has 3 saturated heterocycles. The van der Waals surface area contributed by atoms with Crippen LogP contribution in [0.15, 0.2) is 36.4 Å². The number of rotatable bonds is 3. The van der Waals surface area contributed by atoms with E-state index in [-0.39, 0.29) is 5.91 Å². The summed E-state index contributed by atoms with van der Waals surface area (Å²) >= 11 is 0. The molecule has 1 amide bonds. The second kappa shape index (κ2) is 6.10. The predicted octanol–water partition coefficient (Wildman–Crippen LogP) is 3.16. The van der Waals surface area contributed by atoms with Crippen LogP contribution in [0.2, 0.25) is 0 Å². The Labute approximate surface area is 143 Å². The van der Waals surface area contributed by atoms with Crippen LogP contribution in [0, 0.1) is 12.8 Å². The molecule has 0 radical (unpaired) electrons. The summed E-state index contributed by atoms with van der Waals surface area (Å²) in [5, 5.41) is 0. The molecule has 0 saturated carbocycles. The van der Waals surface area contributed by atoms with Crippen LogP contribution in [0.25, 0.3) is 11.3 Å². The summed E-state index contributed by atoms with van der Waals surface area (Å²) in [6.45, 7) is 5.50. The molecule has 4 heteroatoms. The van der Waals surface area contributed by atoms with Gasteiger partial charge in [0.2, 0.25) is 0 Å². The molecular formula is C20H25N3O. The Morgan fingerprint density at radius 1 is 1.21 bits per heavy atom. The fraction of sp³-hybridized carbons (Fsp3) is 0.450. The maximum atomic E-state index is 12.9. The zero-order valence-corrected chi connectivity index (χ0v) is 14.5. The van der Waals surface area contributed by atoms with E-state index in [1.807, 2.05) is 30.1 Å². The van der Waals surface area contributed by atoms with Crippen LogP contribution < -0.4 is 0 Å². The number of hydrogen-bond donors (Lipinski definition) is 1. The van der Waals surface area contributed by atoms with Gasteiger partial charge in [-0.05, 0) is 62.5 Å². The first-order valence-electron chi connectivity index (χ1n) is 8.87. The number of hydrogen-bond acceptors (Lipinski definition) is 2. The van der Waals surface area contributed by atoms with Crippen molar-refractivity contribution in [1.29, 1.82) is 0 Å². The fourth-order valence-corrected chi connectivity index (χ4v) is 4.21. The lowest BCUT2D eigenvalue weighted by Gasteiger charge is -2.48. The van der Waals surface area contributed by atoms with Crippen LogP contribution in [-0.4, -0.2) is 53.4 Å². The summed E-state index contributed by atoms with van der Waals surface area (Å²) in [7, 11) is 1.96. The van der Waals surface area contributed by atoms with Crippen molar-refractivity contribution in [3.05, 3.63) is 47.7 Å². The van der Waals surface area contributed by atoms with Crippen LogP contribution in [-0.2, 0) is 0 Å². The normalized spacial score (nSPS) is 25.7. The molecule has 1 atom stereocenters. The topological polar surface area (TPSA) is 39.3 Å². The number of benzene rings is 1. The number of H-pyrrole nitrogens is 1. The van der Waals surface area contributed by atoms with Crippen molar-refractivity contribution in [1.82, 2.24) is 14.8 Å². The van der Waals surface area contributed by atoms with E-state index in [4.69, 9.17) is 0 Å². The van der Waals surface area contributed by atoms with Gasteiger partial charge in [-0.3, -0.25) is 4.79 Å². The van der Waals surface area contributed by atoms with Gasteiger partial charge in [0.1, 0.15) is 5.69 Å². The summed E-state index contributed by atoms with van der Waals surface area (Å²) in [6.07, 6.45) is 2.45. The van der Waals surface area contributed by atoms with Gasteiger partial charge in [-0.2, -0.15) is 0 Å². The number of likely N-dealkylation sites (N-methyl/N-ethyl adjacent to an activating group) is 1. The predicted molar refractivity (Wildman–Crippen MR) is 96.0 cm³/mol. The molecule has 0 unspecified atom stereocenters. The highest BCUT2D eigenvalue weighted by molar-refractivity contribution is 5.93. The summed E-state index contributed by atoms with van der Waals surface area (Å²) in [6, 6.07) is 12.6. The third-order valence-electron chi connectivity index (χ3n) is 5.68. The van der Waals surface area contributed by atoms with Crippen molar-refractivity contribution in [2.75, 3.05) is 26.7 Å². The summed E-state index contributed by atoms with van der Waals surface area (Å²) in [4.78, 5) is 20.7. The number of aromatic amines is 1. The van der Waals surface area contributed by atoms with E-state index in [0.29, 0.717) is 17.7 Å². The Morgan fingerprint density at radius 3 is 2.67 bits per heavy atom. The Balaban J connectivity index is 1.52. The average molecular weight is 323 g/mol. The number of piperidine rings is 3. The largest absolute Gasteiger partial charge is 0.351 e. The van der Waals surface area contributed by atoms with Gasteiger partial charge in [-0.15, -0.1) is 0 Å². The van der Waals surface area contributed by atoms with Crippen LogP contribution in [0.1, 0.15) is 28.9 Å². The summed E-state index contributed by atoms with van der Waals surface area (Å²) < 4.78 is 0. The molecule has 4 nitrogen and oxygen atoms in total. The third kappa shape index (κ3) is 2.75. The second-order valence-electron chi connectivity index (χ2n) is 7.28. The molecule has 24 heavy (non-hydrogen) atoms. The van der Waals surface area contributed by atoms with Crippen molar-refractivity contribution in [3.8, 4) is 11.3 Å². The lowest BCUT2D eigenvalue weighted by molar-refractivity contribution is 0.0159. The highest BCUT2D eigenvalue weighted by Crippen LogP contribution is 2.31. The molecule has 0 spiro atoms. The molecule has 0 aliphatic carbocycles. The van der Waals surface area contributed by atoms with Gasteiger partial charge in [0, 0.05) is 25.3 Å². The fourth-order valence-electron chi connectivity index (χ4n) is 4.21. The first-order chi connectivity index (χ1) is 11.6. The quantitative estimate of drug-likeness (QED) is 0.942. The number of carbonyl (C=O) groups is 1. The summed E-state index contributed by atoms with van der Waals surface area (Å²) in [5.74, 6) is 0.766. The van der Waals surface area contributed by atoms with Crippen molar-refractivity contribution in [2.24, 2.45) is 5.92 Å². The second-order valence-corrected chi connectivity index (χ2v) is 7.28. The van der Waals surface area contributed by atoms with E-state index in [2.05, 4.69) is 35.0 Å². The van der Waals surface area contributed by atoms with Gasteiger partial charge in [-0.25, -0.2) is 0 Å². The lowest BCUT2D eigenvalue weighted by atomic mass is 9.83. The molecule has 1 aromatic heterocycles. The van der Waals surface area contributed by atoms with Crippen molar-refractivity contribution < 1.29 is 4.79 Å². The Kier molecular flexibility index (Phi) is 3.93. The zero-order valence-electron chi connectivity index (χ0n) is 14.5. The van der Waals surface area contributed by atoms with Gasteiger partial charge in [0.15, 0.2) is 0 Å². The van der Waals surface area contributed by atoms with Crippen LogP contribution in [0.4, 0.5) is 0 Å². The Morgan fingerprint density at radius 2 is 2.00 bits per heavy atom. The van der Waals surface area contributed by atoms with E-state index < -0.39 is 0 Å². The maximum Gasteiger partial charge on any atom is 0.270 e. The van der Waals surface area contributed by atoms with Crippen molar-refractivity contribution in [2.45, 2.75) is 25.8 Å². The zero-order chi connectivity index (χ0) is 16.7. The lowest BCUT2D eigenvalue weighted by Crippen LogP contribution is -2.57. The molecule has 1 N–H and O–H groups in total. The van der Waals surface area contributed by atoms with Gasteiger partial charge < -0.3 is 14.8 Å². The van der Waals surface area contributed by atoms with Gasteiger partial charge in [0.05, 0.1) is 0 Å². The van der Waals surface area contributed by atoms with Gasteiger partial charge in [-0.1, -0.05) is 23.8 Å². The minimum atomic E-state index is 0.104. The maximum absolute atomic E-state index is 12.9. The number of fused-ring (bicyclic) bond motifs is 3. The number of aromatic nitrogens is 1. The van der Waals surface area contributed by atoms with Crippen molar-refractivity contribution in [3.63, 3.8) is 0 Å². The minimum Gasteiger partial charge on any atom is -0.351 e. The van der Waals surface area contributed by atoms with Gasteiger partial charge >= 0.3 is 0 Å². The monoisotopic (exact) mass is 323 g/mol. The number of nitrogens with zero attached hydrogens (tertiary/aromatic N) is 2. The number of aryl methyl sites for hydroxylation is 1. The highest BCUT2D eigenvalue weighted by Gasteiger charge is 2.38. The molecule has 3 aliphatic heterocycles. The first kappa shape index (κ1) is 15.5. The summed E-state index contributed by atoms with van der Waals surface area (Å²) in [5.41, 5.74) is 4.04. The minimum absolute atomic E-state index is 0.104. The standard InChI is InChI=1S/C20H25N3O/c1-14-4-3-5-16(12-14)17-6-7-18(21-17)20(24)22(2)19-13-23-10-8-15(19)9-11-23/h3-7,12,15,19,21H,8-11,13H2,1-2H3/t19-/m0/s1. The molecule has 3 aliphatic rings. The number of carbonyl (C=O) groups excluding carboxylic acids is 1. The van der Waals surface area contributed by atoms with E-state index in [1.54, 1.807) is 0 Å². The Bertz CT molecular complexity index is 743. The molecule has 1 aromatic carbocycles. The van der Waals surface area contributed by atoms with E-state index in [1.165, 1.54) is 31.5 Å². The van der Waals surface area contributed by atoms with E-state index >= 15 is 0 Å². The molecule has 2 bridgehead atoms. The SMILES string of the molecule is Cc1cccc(-c2ccc(C(=O)N(C)[C@H]3CN4CCC3CC4)[nH]2)c1. The molecule has 5 rings (SSSR count). The van der Waals surface area contributed by atoms with Crippen molar-refractivity contribution >= 4 is 5.91 Å². The van der Waals surface area contributed by atoms with Gasteiger partial charge in [0.25, 0.3) is 5.91 Å². The molecule has 2 aromatic rings. The average Bonchev–Trinajstić information content (AvgIpc) is 3.11. The number of nitrogens with one attached hydrogen (secondary N) is 1. The highest BCUT2D eigenvalue weighted by atomic mass is 16.2. The van der Waals surface area contributed by atoms with Crippen LogP contribution >= 0.6 is 0 Å². The first-order valence-corrected chi connectivity index (χ1v) is 8.87. The molecule has 126 valence electrons. The third-order valence-corrected chi connectivity index (χ3v) is 5.68. The van der Waals surface area contributed by atoms with E-state index in [0.717, 1.165) is 17.8 Å². The number of amides is 1. The Hall–Kier alpha value is -2.07. The van der Waals surface area contributed by atoms with Crippen LogP contribution in [0.5, 0.6) is 0 Å². The molecule has 4 heterocycles.